The van der Waals surface area contributed by atoms with Crippen molar-refractivity contribution in [2.45, 2.75) is 31.7 Å². The molecular weight excluding hydrogens is 340 g/mol. The van der Waals surface area contributed by atoms with Crippen LogP contribution < -0.4 is 10.1 Å². The molecule has 1 aliphatic rings. The van der Waals surface area contributed by atoms with Gasteiger partial charge in [-0.1, -0.05) is 18.6 Å². The van der Waals surface area contributed by atoms with Gasteiger partial charge in [0.05, 0.1) is 18.9 Å². The van der Waals surface area contributed by atoms with Crippen molar-refractivity contribution in [3.63, 3.8) is 0 Å². The van der Waals surface area contributed by atoms with Gasteiger partial charge in [-0.25, -0.2) is 8.42 Å². The summed E-state index contributed by atoms with van der Waals surface area (Å²) in [7, 11) is -1.49. The smallest absolute Gasteiger partial charge is 0.221 e. The molecule has 0 aliphatic carbocycles. The minimum atomic E-state index is -3.13. The number of benzene rings is 1. The van der Waals surface area contributed by atoms with Crippen molar-refractivity contribution in [2.75, 3.05) is 38.8 Å². The number of likely N-dealkylation sites (tertiary alicyclic amines) is 1. The summed E-state index contributed by atoms with van der Waals surface area (Å²) in [5.74, 6) is 0.449. The van der Waals surface area contributed by atoms with E-state index in [1.165, 1.54) is 6.42 Å². The van der Waals surface area contributed by atoms with E-state index in [1.807, 2.05) is 24.3 Å². The number of amides is 1. The van der Waals surface area contributed by atoms with Gasteiger partial charge in [0.1, 0.15) is 15.6 Å². The molecule has 0 spiro atoms. The van der Waals surface area contributed by atoms with Crippen LogP contribution in [0, 0.1) is 0 Å². The number of piperidine rings is 1. The number of hydrogen-bond acceptors (Lipinski definition) is 5. The zero-order valence-electron chi connectivity index (χ0n) is 15.0. The van der Waals surface area contributed by atoms with Gasteiger partial charge in [0, 0.05) is 19.2 Å². The monoisotopic (exact) mass is 368 g/mol. The number of carbonyl (C=O) groups is 1. The second-order valence-electron chi connectivity index (χ2n) is 6.57. The van der Waals surface area contributed by atoms with Gasteiger partial charge in [0.2, 0.25) is 5.91 Å². The van der Waals surface area contributed by atoms with Crippen molar-refractivity contribution in [1.29, 1.82) is 0 Å². The van der Waals surface area contributed by atoms with E-state index in [1.54, 1.807) is 7.11 Å². The zero-order valence-corrected chi connectivity index (χ0v) is 15.8. The average molecular weight is 368 g/mol. The molecule has 140 valence electrons. The van der Waals surface area contributed by atoms with Gasteiger partial charge in [-0.15, -0.1) is 0 Å². The van der Waals surface area contributed by atoms with E-state index in [9.17, 15) is 13.2 Å². The Hall–Kier alpha value is -1.60. The number of hydrogen-bond donors (Lipinski definition) is 1. The van der Waals surface area contributed by atoms with Crippen LogP contribution in [0.5, 0.6) is 5.75 Å². The lowest BCUT2D eigenvalue weighted by molar-refractivity contribution is -0.121. The van der Waals surface area contributed by atoms with E-state index in [0.717, 1.165) is 43.5 Å². The second kappa shape index (κ2) is 9.20. The van der Waals surface area contributed by atoms with Gasteiger partial charge in [-0.05, 0) is 43.6 Å². The lowest BCUT2D eigenvalue weighted by Crippen LogP contribution is -2.40. The fraction of sp³-hybridized carbons (Fsp3) is 0.611. The van der Waals surface area contributed by atoms with Crippen LogP contribution in [0.2, 0.25) is 0 Å². The normalized spacial score (nSPS) is 17.0. The van der Waals surface area contributed by atoms with Crippen molar-refractivity contribution < 1.29 is 17.9 Å². The fourth-order valence-corrected chi connectivity index (χ4v) is 3.67. The Balaban J connectivity index is 2.05. The van der Waals surface area contributed by atoms with Crippen molar-refractivity contribution in [2.24, 2.45) is 0 Å². The Morgan fingerprint density at radius 3 is 2.64 bits per heavy atom. The van der Waals surface area contributed by atoms with Crippen molar-refractivity contribution >= 4 is 15.7 Å². The van der Waals surface area contributed by atoms with Crippen LogP contribution in [-0.2, 0) is 14.6 Å². The number of ether oxygens (including phenoxy) is 1. The highest BCUT2D eigenvalue weighted by Crippen LogP contribution is 2.26. The summed E-state index contributed by atoms with van der Waals surface area (Å²) in [5.41, 5.74) is 1.10. The summed E-state index contributed by atoms with van der Waals surface area (Å²) >= 11 is 0. The number of sulfone groups is 1. The molecule has 1 atom stereocenters. The van der Waals surface area contributed by atoms with E-state index in [-0.39, 0.29) is 24.1 Å². The fourth-order valence-electron chi connectivity index (χ4n) is 3.11. The van der Waals surface area contributed by atoms with E-state index in [4.69, 9.17) is 4.74 Å². The molecule has 1 saturated heterocycles. The third kappa shape index (κ3) is 6.66. The maximum atomic E-state index is 12.0. The average Bonchev–Trinajstić information content (AvgIpc) is 2.60. The number of rotatable bonds is 8. The Labute approximate surface area is 150 Å². The largest absolute Gasteiger partial charge is 0.497 e. The third-order valence-electron chi connectivity index (χ3n) is 4.50. The molecule has 0 saturated carbocycles. The summed E-state index contributed by atoms with van der Waals surface area (Å²) in [6, 6.07) is 7.97. The molecule has 1 N–H and O–H groups in total. The van der Waals surface area contributed by atoms with Crippen LogP contribution in [0.4, 0.5) is 0 Å². The first-order valence-electron chi connectivity index (χ1n) is 8.71. The van der Waals surface area contributed by atoms with E-state index in [0.29, 0.717) is 6.54 Å². The molecular formula is C18H28N2O4S. The molecule has 1 aliphatic heterocycles. The molecule has 0 bridgehead atoms. The molecule has 25 heavy (non-hydrogen) atoms. The Bertz CT molecular complexity index is 669. The maximum Gasteiger partial charge on any atom is 0.221 e. The molecule has 0 aromatic heterocycles. The minimum absolute atomic E-state index is 0.00364. The first-order valence-corrected chi connectivity index (χ1v) is 10.8. The molecule has 1 heterocycles. The Morgan fingerprint density at radius 2 is 2.00 bits per heavy atom. The quantitative estimate of drug-likeness (QED) is 0.757. The minimum Gasteiger partial charge on any atom is -0.497 e. The van der Waals surface area contributed by atoms with Crippen molar-refractivity contribution in [1.82, 2.24) is 10.2 Å². The molecule has 7 heteroatoms. The molecule has 6 nitrogen and oxygen atoms in total. The van der Waals surface area contributed by atoms with Crippen molar-refractivity contribution in [3.8, 4) is 5.75 Å². The maximum absolute atomic E-state index is 12.0. The van der Waals surface area contributed by atoms with Crippen LogP contribution in [-0.4, -0.2) is 58.0 Å². The van der Waals surface area contributed by atoms with Crippen LogP contribution in [0.3, 0.4) is 0 Å². The molecule has 0 radical (unpaired) electrons. The first-order chi connectivity index (χ1) is 11.9. The van der Waals surface area contributed by atoms with Crippen LogP contribution >= 0.6 is 0 Å². The second-order valence-corrected chi connectivity index (χ2v) is 8.83. The highest BCUT2D eigenvalue weighted by atomic mass is 32.2. The number of methoxy groups -OCH3 is 1. The van der Waals surface area contributed by atoms with Gasteiger partial charge in [-0.3, -0.25) is 9.69 Å². The highest BCUT2D eigenvalue weighted by molar-refractivity contribution is 7.90. The molecule has 1 amide bonds. The lowest BCUT2D eigenvalue weighted by atomic mass is 10.0. The Morgan fingerprint density at radius 1 is 1.28 bits per heavy atom. The summed E-state index contributed by atoms with van der Waals surface area (Å²) < 4.78 is 27.7. The molecule has 1 unspecified atom stereocenters. The van der Waals surface area contributed by atoms with E-state index >= 15 is 0 Å². The van der Waals surface area contributed by atoms with Gasteiger partial charge < -0.3 is 10.1 Å². The van der Waals surface area contributed by atoms with E-state index in [2.05, 4.69) is 10.2 Å². The standard InChI is InChI=1S/C18H28N2O4S/c1-24-16-8-6-7-15(13-16)17(20-10-4-3-5-11-20)14-19-18(21)9-12-25(2,22)23/h6-8,13,17H,3-5,9-12,14H2,1-2H3,(H,19,21). The molecule has 1 aromatic rings. The van der Waals surface area contributed by atoms with E-state index < -0.39 is 9.84 Å². The molecule has 2 rings (SSSR count). The number of nitrogens with one attached hydrogen (secondary N) is 1. The van der Waals surface area contributed by atoms with Gasteiger partial charge in [0.15, 0.2) is 0 Å². The van der Waals surface area contributed by atoms with Gasteiger partial charge in [-0.2, -0.15) is 0 Å². The predicted octanol–water partition coefficient (Wildman–Crippen LogP) is 1.77. The topological polar surface area (TPSA) is 75.7 Å². The molecule has 1 fully saturated rings. The molecule has 1 aromatic carbocycles. The highest BCUT2D eigenvalue weighted by Gasteiger charge is 2.23. The summed E-state index contributed by atoms with van der Waals surface area (Å²) in [6.45, 7) is 2.47. The predicted molar refractivity (Wildman–Crippen MR) is 98.5 cm³/mol. The van der Waals surface area contributed by atoms with Crippen LogP contribution in [0.25, 0.3) is 0 Å². The number of nitrogens with zero attached hydrogens (tertiary/aromatic N) is 1. The van der Waals surface area contributed by atoms with Gasteiger partial charge in [0.25, 0.3) is 0 Å². The van der Waals surface area contributed by atoms with Crippen molar-refractivity contribution in [3.05, 3.63) is 29.8 Å². The lowest BCUT2D eigenvalue weighted by Gasteiger charge is -2.35. The SMILES string of the molecule is COc1cccc(C(CNC(=O)CCS(C)(=O)=O)N2CCCCC2)c1. The number of carbonyl (C=O) groups excluding carboxylic acids is 1. The zero-order chi connectivity index (χ0) is 18.3. The Kier molecular flexibility index (Phi) is 7.25. The van der Waals surface area contributed by atoms with Crippen LogP contribution in [0.1, 0.15) is 37.3 Å². The first kappa shape index (κ1) is 19.7. The van der Waals surface area contributed by atoms with Crippen LogP contribution in [0.15, 0.2) is 24.3 Å². The van der Waals surface area contributed by atoms with Gasteiger partial charge >= 0.3 is 0 Å². The summed E-state index contributed by atoms with van der Waals surface area (Å²) in [6.07, 6.45) is 4.70. The third-order valence-corrected chi connectivity index (χ3v) is 5.45. The summed E-state index contributed by atoms with van der Waals surface area (Å²) in [4.78, 5) is 14.4. The summed E-state index contributed by atoms with van der Waals surface area (Å²) in [5, 5.41) is 2.90.